The van der Waals surface area contributed by atoms with Crippen LogP contribution in [0.3, 0.4) is 0 Å². The molecule has 40 heavy (non-hydrogen) atoms. The topological polar surface area (TPSA) is 185 Å². The van der Waals surface area contributed by atoms with Gasteiger partial charge in [-0.15, -0.1) is 0 Å². The maximum Gasteiger partial charge on any atom is 1.00 e. The van der Waals surface area contributed by atoms with Crippen molar-refractivity contribution in [2.75, 3.05) is 127 Å². The number of methoxy groups -OCH3 is 2. The minimum Gasteiger partial charge on any atom is -0.756 e. The Hall–Kier alpha value is 0.366. The SMILES string of the molecule is COCCOCCOCCOCC(=O)OCC(COP(=O)([O-])OC)OC(=O)COCCOCCOCCOC.[K+]. The Morgan fingerprint density at radius 3 is 1.45 bits per heavy atom. The number of hydrogen-bond acceptors (Lipinski definition) is 16. The summed E-state index contributed by atoms with van der Waals surface area (Å²) >= 11 is 0. The predicted molar refractivity (Wildman–Crippen MR) is 130 cm³/mol. The van der Waals surface area contributed by atoms with E-state index >= 15 is 0 Å². The molecule has 0 aromatic carbocycles. The van der Waals surface area contributed by atoms with Crippen LogP contribution in [0.5, 0.6) is 0 Å². The molecule has 0 saturated carbocycles. The summed E-state index contributed by atoms with van der Waals surface area (Å²) in [6.45, 7) is 2.12. The van der Waals surface area contributed by atoms with Gasteiger partial charge in [-0.1, -0.05) is 0 Å². The van der Waals surface area contributed by atoms with E-state index in [1.807, 2.05) is 0 Å². The number of esters is 2. The molecule has 18 heteroatoms. The summed E-state index contributed by atoms with van der Waals surface area (Å²) in [6, 6.07) is 0. The van der Waals surface area contributed by atoms with Gasteiger partial charge < -0.3 is 61.3 Å². The number of ether oxygens (including phenoxy) is 10. The van der Waals surface area contributed by atoms with Gasteiger partial charge in [0.15, 0.2) is 6.10 Å². The van der Waals surface area contributed by atoms with Gasteiger partial charge in [-0.25, -0.2) is 9.59 Å². The standard InChI is InChI=1S/C22H43O16P.K/c1-27-4-6-30-8-10-32-12-14-34-18-21(23)36-16-20(17-37-39(25,26)29-3)38-22(24)19-35-15-13-33-11-9-31-7-5-28-2;/h20H,4-19H2,1-3H3,(H,25,26);/q;+1/p-1. The van der Waals surface area contributed by atoms with Crippen molar-refractivity contribution in [2.45, 2.75) is 6.10 Å². The number of phosphoric acid groups is 1. The minimum absolute atomic E-state index is 0. The zero-order valence-corrected chi connectivity index (χ0v) is 27.9. The van der Waals surface area contributed by atoms with Gasteiger partial charge in [0.2, 0.25) is 0 Å². The largest absolute Gasteiger partial charge is 1.00 e. The third kappa shape index (κ3) is 29.8. The molecule has 0 aliphatic heterocycles. The van der Waals surface area contributed by atoms with Crippen LogP contribution in [0.2, 0.25) is 0 Å². The fraction of sp³-hybridized carbons (Fsp3) is 0.909. The van der Waals surface area contributed by atoms with Gasteiger partial charge in [-0.05, 0) is 0 Å². The average Bonchev–Trinajstić information content (AvgIpc) is 2.92. The molecule has 2 atom stereocenters. The van der Waals surface area contributed by atoms with Crippen molar-refractivity contribution >= 4 is 19.8 Å². The number of rotatable bonds is 29. The van der Waals surface area contributed by atoms with Gasteiger partial charge in [0.05, 0.1) is 85.9 Å². The normalized spacial score (nSPS) is 13.3. The van der Waals surface area contributed by atoms with Crippen molar-refractivity contribution in [3.05, 3.63) is 0 Å². The summed E-state index contributed by atoms with van der Waals surface area (Å²) in [5, 5.41) is 0. The first kappa shape index (κ1) is 42.5. The first-order chi connectivity index (χ1) is 18.8. The fourth-order valence-corrected chi connectivity index (χ4v) is 2.72. The van der Waals surface area contributed by atoms with Crippen molar-refractivity contribution in [1.29, 1.82) is 0 Å². The Morgan fingerprint density at radius 1 is 0.625 bits per heavy atom. The van der Waals surface area contributed by atoms with E-state index < -0.39 is 52.3 Å². The molecule has 0 rings (SSSR count). The number of carbonyl (C=O) groups excluding carboxylic acids is 2. The smallest absolute Gasteiger partial charge is 0.756 e. The Morgan fingerprint density at radius 2 is 1.02 bits per heavy atom. The molecule has 16 nitrogen and oxygen atoms in total. The van der Waals surface area contributed by atoms with E-state index in [2.05, 4.69) is 9.05 Å². The molecule has 0 heterocycles. The second-order valence-corrected chi connectivity index (χ2v) is 8.78. The summed E-state index contributed by atoms with van der Waals surface area (Å²) in [7, 11) is -0.543. The molecule has 0 amide bonds. The van der Waals surface area contributed by atoms with Crippen LogP contribution in [-0.4, -0.2) is 145 Å². The zero-order valence-electron chi connectivity index (χ0n) is 23.9. The average molecular weight is 633 g/mol. The Bertz CT molecular complexity index is 644. The summed E-state index contributed by atoms with van der Waals surface area (Å²) in [5.41, 5.74) is 0. The van der Waals surface area contributed by atoms with Crippen LogP contribution in [0, 0.1) is 0 Å². The first-order valence-corrected chi connectivity index (χ1v) is 13.6. The van der Waals surface area contributed by atoms with Gasteiger partial charge in [0.1, 0.15) is 19.8 Å². The molecule has 0 aliphatic rings. The third-order valence-corrected chi connectivity index (χ3v) is 5.07. The van der Waals surface area contributed by atoms with E-state index in [0.717, 1.165) is 7.11 Å². The van der Waals surface area contributed by atoms with Crippen molar-refractivity contribution < 1.29 is 127 Å². The third-order valence-electron chi connectivity index (χ3n) is 4.16. The molecule has 0 saturated heterocycles. The van der Waals surface area contributed by atoms with Crippen molar-refractivity contribution in [1.82, 2.24) is 0 Å². The quantitative estimate of drug-likeness (QED) is 0.0336. The van der Waals surface area contributed by atoms with Crippen molar-refractivity contribution in [2.24, 2.45) is 0 Å². The summed E-state index contributed by atoms with van der Waals surface area (Å²) < 4.78 is 71.3. The van der Waals surface area contributed by atoms with Gasteiger partial charge in [0, 0.05) is 21.3 Å². The summed E-state index contributed by atoms with van der Waals surface area (Å²) in [4.78, 5) is 35.4. The number of phosphoric ester groups is 1. The number of hydrogen-bond donors (Lipinski definition) is 0. The molecule has 0 spiro atoms. The summed E-state index contributed by atoms with van der Waals surface area (Å²) in [5.74, 6) is -1.60. The van der Waals surface area contributed by atoms with E-state index in [1.165, 1.54) is 0 Å². The fourth-order valence-electron chi connectivity index (χ4n) is 2.27. The molecule has 0 N–H and O–H groups in total. The van der Waals surface area contributed by atoms with Crippen LogP contribution >= 0.6 is 7.82 Å². The van der Waals surface area contributed by atoms with Crippen LogP contribution < -0.4 is 56.3 Å². The van der Waals surface area contributed by atoms with Crippen molar-refractivity contribution in [3.63, 3.8) is 0 Å². The van der Waals surface area contributed by atoms with Crippen LogP contribution in [0.25, 0.3) is 0 Å². The molecule has 0 aromatic rings. The molecule has 0 aliphatic carbocycles. The molecule has 0 bridgehead atoms. The molecule has 2 unspecified atom stereocenters. The van der Waals surface area contributed by atoms with Crippen LogP contribution in [-0.2, 0) is 70.6 Å². The minimum atomic E-state index is -4.60. The van der Waals surface area contributed by atoms with E-state index in [1.54, 1.807) is 14.2 Å². The Labute approximate surface area is 277 Å². The molecular formula is C22H42KO16P. The molecule has 0 radical (unpaired) electrons. The van der Waals surface area contributed by atoms with Crippen LogP contribution in [0.4, 0.5) is 0 Å². The van der Waals surface area contributed by atoms with Gasteiger partial charge in [-0.2, -0.15) is 0 Å². The Balaban J connectivity index is 0. The second-order valence-electron chi connectivity index (χ2n) is 7.26. The van der Waals surface area contributed by atoms with Crippen LogP contribution in [0.15, 0.2) is 0 Å². The summed E-state index contributed by atoms with van der Waals surface area (Å²) in [6.07, 6.45) is -1.25. The molecular weight excluding hydrogens is 590 g/mol. The Kier molecular flexibility index (Phi) is 32.7. The van der Waals surface area contributed by atoms with E-state index in [4.69, 9.17) is 47.4 Å². The molecule has 0 fully saturated rings. The maximum absolute atomic E-state index is 12.1. The maximum atomic E-state index is 12.1. The van der Waals surface area contributed by atoms with E-state index in [9.17, 15) is 19.0 Å². The van der Waals surface area contributed by atoms with E-state index in [0.29, 0.717) is 52.9 Å². The zero-order chi connectivity index (χ0) is 29.0. The van der Waals surface area contributed by atoms with Crippen molar-refractivity contribution in [3.8, 4) is 0 Å². The van der Waals surface area contributed by atoms with Crippen LogP contribution in [0.1, 0.15) is 0 Å². The number of carbonyl (C=O) groups is 2. The van der Waals surface area contributed by atoms with E-state index in [-0.39, 0.29) is 77.8 Å². The van der Waals surface area contributed by atoms with Gasteiger partial charge in [0.25, 0.3) is 7.82 Å². The predicted octanol–water partition coefficient (Wildman–Crippen LogP) is -4.03. The van der Waals surface area contributed by atoms with Gasteiger partial charge in [-0.3, -0.25) is 4.57 Å². The molecule has 0 aromatic heterocycles. The molecule has 232 valence electrons. The monoisotopic (exact) mass is 632 g/mol. The van der Waals surface area contributed by atoms with Gasteiger partial charge >= 0.3 is 63.3 Å². The second kappa shape index (κ2) is 30.8. The first-order valence-electron chi connectivity index (χ1n) is 12.1.